The van der Waals surface area contributed by atoms with Crippen LogP contribution in [0.2, 0.25) is 0 Å². The van der Waals surface area contributed by atoms with Gasteiger partial charge >= 0.3 is 0 Å². The fraction of sp³-hybridized carbons (Fsp3) is 0.692. The summed E-state index contributed by atoms with van der Waals surface area (Å²) < 4.78 is 16.8. The van der Waals surface area contributed by atoms with Crippen molar-refractivity contribution in [1.29, 1.82) is 0 Å². The zero-order chi connectivity index (χ0) is 11.4. The van der Waals surface area contributed by atoms with Crippen LogP contribution in [-0.2, 0) is 14.2 Å². The Morgan fingerprint density at radius 3 is 2.62 bits per heavy atom. The van der Waals surface area contributed by atoms with Gasteiger partial charge in [0, 0.05) is 5.92 Å². The van der Waals surface area contributed by atoms with Crippen molar-refractivity contribution in [2.75, 3.05) is 6.61 Å². The first kappa shape index (κ1) is 11.5. The minimum atomic E-state index is 0.177. The summed E-state index contributed by atoms with van der Waals surface area (Å²) in [5, 5.41) is 0. The maximum Gasteiger partial charge on any atom is 0.124 e. The SMILES string of the molecule is C=COCC1CCC(OC=C)C2CCC1O2. The summed E-state index contributed by atoms with van der Waals surface area (Å²) in [5.41, 5.74) is 0. The molecule has 0 radical (unpaired) electrons. The van der Waals surface area contributed by atoms with Gasteiger partial charge in [0.15, 0.2) is 0 Å². The Morgan fingerprint density at radius 2 is 1.88 bits per heavy atom. The molecule has 3 nitrogen and oxygen atoms in total. The zero-order valence-electron chi connectivity index (χ0n) is 9.64. The molecule has 2 saturated heterocycles. The third-order valence-corrected chi connectivity index (χ3v) is 3.55. The number of hydrogen-bond acceptors (Lipinski definition) is 3. The second kappa shape index (κ2) is 5.39. The van der Waals surface area contributed by atoms with Gasteiger partial charge in [-0.3, -0.25) is 0 Å². The number of ether oxygens (including phenoxy) is 3. The normalized spacial score (nSPS) is 37.5. The second-order valence-electron chi connectivity index (χ2n) is 4.47. The lowest BCUT2D eigenvalue weighted by molar-refractivity contribution is -0.0409. The van der Waals surface area contributed by atoms with E-state index in [-0.39, 0.29) is 12.2 Å². The van der Waals surface area contributed by atoms with Crippen LogP contribution >= 0.6 is 0 Å². The van der Waals surface area contributed by atoms with Crippen LogP contribution in [0.3, 0.4) is 0 Å². The molecule has 90 valence electrons. The van der Waals surface area contributed by atoms with Crippen molar-refractivity contribution in [2.24, 2.45) is 5.92 Å². The Hall–Kier alpha value is -0.960. The quantitative estimate of drug-likeness (QED) is 0.672. The van der Waals surface area contributed by atoms with Crippen molar-refractivity contribution in [3.63, 3.8) is 0 Å². The summed E-state index contributed by atoms with van der Waals surface area (Å²) in [6.45, 7) is 7.90. The van der Waals surface area contributed by atoms with Crippen molar-refractivity contribution < 1.29 is 14.2 Å². The summed E-state index contributed by atoms with van der Waals surface area (Å²) in [7, 11) is 0. The van der Waals surface area contributed by atoms with Crippen LogP contribution in [0.25, 0.3) is 0 Å². The van der Waals surface area contributed by atoms with Gasteiger partial charge in [0.1, 0.15) is 6.10 Å². The third-order valence-electron chi connectivity index (χ3n) is 3.55. The molecule has 0 spiro atoms. The molecule has 0 aliphatic carbocycles. The van der Waals surface area contributed by atoms with E-state index >= 15 is 0 Å². The molecule has 4 atom stereocenters. The Morgan fingerprint density at radius 1 is 1.06 bits per heavy atom. The maximum atomic E-state index is 6.01. The van der Waals surface area contributed by atoms with Crippen molar-refractivity contribution in [3.8, 4) is 0 Å². The van der Waals surface area contributed by atoms with Crippen LogP contribution in [0.4, 0.5) is 0 Å². The van der Waals surface area contributed by atoms with Gasteiger partial charge in [-0.2, -0.15) is 0 Å². The van der Waals surface area contributed by atoms with Gasteiger partial charge in [0.05, 0.1) is 31.3 Å². The van der Waals surface area contributed by atoms with Crippen LogP contribution in [0, 0.1) is 5.92 Å². The summed E-state index contributed by atoms with van der Waals surface area (Å²) >= 11 is 0. The molecule has 0 N–H and O–H groups in total. The standard InChI is InChI=1S/C13H20O3/c1-3-14-9-10-5-6-12(15-4-2)13-8-7-11(10)16-13/h3-4,10-13H,1-2,5-9H2. The molecular weight excluding hydrogens is 204 g/mol. The summed E-state index contributed by atoms with van der Waals surface area (Å²) in [5.74, 6) is 0.474. The first-order valence-electron chi connectivity index (χ1n) is 5.99. The van der Waals surface area contributed by atoms with Crippen molar-refractivity contribution in [3.05, 3.63) is 25.7 Å². The zero-order valence-corrected chi connectivity index (χ0v) is 9.64. The average Bonchev–Trinajstić information content (AvgIpc) is 2.69. The maximum absolute atomic E-state index is 6.01. The molecule has 2 aliphatic rings. The van der Waals surface area contributed by atoms with E-state index in [2.05, 4.69) is 13.2 Å². The van der Waals surface area contributed by atoms with Crippen molar-refractivity contribution in [1.82, 2.24) is 0 Å². The fourth-order valence-electron chi connectivity index (χ4n) is 2.72. The lowest BCUT2D eigenvalue weighted by Gasteiger charge is -2.21. The molecule has 2 heterocycles. The van der Waals surface area contributed by atoms with E-state index in [1.807, 2.05) is 0 Å². The van der Waals surface area contributed by atoms with E-state index in [9.17, 15) is 0 Å². The van der Waals surface area contributed by atoms with Gasteiger partial charge in [0.2, 0.25) is 0 Å². The molecule has 2 bridgehead atoms. The monoisotopic (exact) mass is 224 g/mol. The highest BCUT2D eigenvalue weighted by Gasteiger charge is 2.40. The van der Waals surface area contributed by atoms with Gasteiger partial charge in [-0.15, -0.1) is 0 Å². The van der Waals surface area contributed by atoms with Gasteiger partial charge in [0.25, 0.3) is 0 Å². The molecule has 2 fully saturated rings. The van der Waals surface area contributed by atoms with Gasteiger partial charge < -0.3 is 14.2 Å². The van der Waals surface area contributed by atoms with Crippen LogP contribution in [-0.4, -0.2) is 24.9 Å². The second-order valence-corrected chi connectivity index (χ2v) is 4.47. The topological polar surface area (TPSA) is 27.7 Å². The molecule has 0 amide bonds. The van der Waals surface area contributed by atoms with Gasteiger partial charge in [-0.25, -0.2) is 0 Å². The summed E-state index contributed by atoms with van der Waals surface area (Å²) in [6.07, 6.45) is 8.13. The van der Waals surface area contributed by atoms with E-state index in [0.717, 1.165) is 25.7 Å². The predicted octanol–water partition coefficient (Wildman–Crippen LogP) is 2.63. The minimum absolute atomic E-state index is 0.177. The highest BCUT2D eigenvalue weighted by Crippen LogP contribution is 2.36. The molecule has 0 aromatic heterocycles. The molecule has 4 unspecified atom stereocenters. The van der Waals surface area contributed by atoms with Gasteiger partial charge in [-0.05, 0) is 25.7 Å². The molecule has 0 saturated carbocycles. The first-order valence-corrected chi connectivity index (χ1v) is 5.99. The number of hydrogen-bond donors (Lipinski definition) is 0. The average molecular weight is 224 g/mol. The van der Waals surface area contributed by atoms with Crippen molar-refractivity contribution >= 4 is 0 Å². The smallest absolute Gasteiger partial charge is 0.124 e. The van der Waals surface area contributed by atoms with E-state index in [0.29, 0.717) is 18.6 Å². The molecule has 2 rings (SSSR count). The van der Waals surface area contributed by atoms with E-state index in [1.165, 1.54) is 12.5 Å². The van der Waals surface area contributed by atoms with Crippen LogP contribution in [0.1, 0.15) is 25.7 Å². The lowest BCUT2D eigenvalue weighted by Crippen LogP contribution is -2.25. The molecule has 3 heteroatoms. The number of rotatable bonds is 5. The van der Waals surface area contributed by atoms with Crippen molar-refractivity contribution in [2.45, 2.75) is 44.0 Å². The fourth-order valence-corrected chi connectivity index (χ4v) is 2.72. The third kappa shape index (κ3) is 2.40. The summed E-state index contributed by atoms with van der Waals surface area (Å²) in [6, 6.07) is 0. The Bertz CT molecular complexity index is 252. The Labute approximate surface area is 97.1 Å². The van der Waals surface area contributed by atoms with E-state index in [4.69, 9.17) is 14.2 Å². The predicted molar refractivity (Wildman–Crippen MR) is 61.8 cm³/mol. The highest BCUT2D eigenvalue weighted by atomic mass is 16.5. The van der Waals surface area contributed by atoms with E-state index < -0.39 is 0 Å². The molecule has 0 aromatic rings. The Balaban J connectivity index is 1.95. The molecule has 0 aromatic carbocycles. The summed E-state index contributed by atoms with van der Waals surface area (Å²) in [4.78, 5) is 0. The van der Waals surface area contributed by atoms with Gasteiger partial charge in [-0.1, -0.05) is 13.2 Å². The van der Waals surface area contributed by atoms with Crippen LogP contribution < -0.4 is 0 Å². The Kier molecular flexibility index (Phi) is 3.88. The highest BCUT2D eigenvalue weighted by molar-refractivity contribution is 4.89. The van der Waals surface area contributed by atoms with Crippen LogP contribution in [0.15, 0.2) is 25.7 Å². The molecule has 16 heavy (non-hydrogen) atoms. The largest absolute Gasteiger partial charge is 0.501 e. The molecular formula is C13H20O3. The van der Waals surface area contributed by atoms with E-state index in [1.54, 1.807) is 0 Å². The lowest BCUT2D eigenvalue weighted by atomic mass is 9.90. The minimum Gasteiger partial charge on any atom is -0.501 e. The number of fused-ring (bicyclic) bond motifs is 2. The molecule has 2 aliphatic heterocycles. The first-order chi connectivity index (χ1) is 7.85. The van der Waals surface area contributed by atoms with Crippen LogP contribution in [0.5, 0.6) is 0 Å².